The van der Waals surface area contributed by atoms with Crippen molar-refractivity contribution in [2.24, 2.45) is 0 Å². The fraction of sp³-hybridized carbons (Fsp3) is 0.750. The first-order valence-corrected chi connectivity index (χ1v) is 7.43. The average Bonchev–Trinajstić information content (AvgIpc) is 2.74. The largest absolute Gasteiger partial charge is 0.389 e. The molecule has 1 aromatic rings. The molecular weight excluding hydrogens is 256 g/mol. The van der Waals surface area contributed by atoms with Crippen LogP contribution >= 0.6 is 23.4 Å². The predicted molar refractivity (Wildman–Crippen MR) is 72.8 cm³/mol. The summed E-state index contributed by atoms with van der Waals surface area (Å²) in [6, 6.07) is 0. The molecule has 0 spiro atoms. The van der Waals surface area contributed by atoms with Gasteiger partial charge in [-0.2, -0.15) is 16.9 Å². The molecule has 1 N–H and O–H groups in total. The fourth-order valence-corrected chi connectivity index (χ4v) is 3.87. The number of hydrogen-bond acceptors (Lipinski definition) is 3. The van der Waals surface area contributed by atoms with Gasteiger partial charge in [0.1, 0.15) is 0 Å². The Morgan fingerprint density at radius 2 is 2.35 bits per heavy atom. The summed E-state index contributed by atoms with van der Waals surface area (Å²) < 4.78 is 1.91. The molecule has 2 atom stereocenters. The van der Waals surface area contributed by atoms with Crippen LogP contribution in [0, 0.1) is 6.92 Å². The summed E-state index contributed by atoms with van der Waals surface area (Å²) in [5, 5.41) is 16.2. The Morgan fingerprint density at radius 1 is 1.65 bits per heavy atom. The second-order valence-electron chi connectivity index (χ2n) is 4.89. The van der Waals surface area contributed by atoms with Crippen molar-refractivity contribution < 1.29 is 5.11 Å². The molecule has 1 aliphatic heterocycles. The molecule has 0 aromatic carbocycles. The van der Waals surface area contributed by atoms with Crippen LogP contribution in [0.4, 0.5) is 0 Å². The van der Waals surface area contributed by atoms with Crippen molar-refractivity contribution in [2.45, 2.75) is 51.0 Å². The van der Waals surface area contributed by atoms with Gasteiger partial charge in [0.2, 0.25) is 0 Å². The highest BCUT2D eigenvalue weighted by molar-refractivity contribution is 8.00. The third-order valence-electron chi connectivity index (χ3n) is 3.25. The van der Waals surface area contributed by atoms with Gasteiger partial charge in [0.25, 0.3) is 0 Å². The fourth-order valence-electron chi connectivity index (χ4n) is 2.42. The Kier molecular flexibility index (Phi) is 3.76. The molecule has 2 rings (SSSR count). The molecule has 1 saturated heterocycles. The first-order chi connectivity index (χ1) is 7.95. The average molecular weight is 275 g/mol. The van der Waals surface area contributed by atoms with Crippen LogP contribution in [0.15, 0.2) is 0 Å². The Morgan fingerprint density at radius 3 is 2.88 bits per heavy atom. The van der Waals surface area contributed by atoms with E-state index in [1.54, 1.807) is 0 Å². The summed E-state index contributed by atoms with van der Waals surface area (Å²) in [5.74, 6) is 0.790. The molecule has 1 aromatic heterocycles. The molecule has 1 aliphatic rings. The molecule has 5 heteroatoms. The lowest BCUT2D eigenvalue weighted by Gasteiger charge is -2.22. The van der Waals surface area contributed by atoms with Gasteiger partial charge in [-0.3, -0.25) is 4.68 Å². The number of hydrogen-bond donors (Lipinski definition) is 1. The van der Waals surface area contributed by atoms with Gasteiger partial charge in [-0.1, -0.05) is 18.5 Å². The molecule has 17 heavy (non-hydrogen) atoms. The smallest absolute Gasteiger partial charge is 0.0848 e. The maximum atomic E-state index is 10.5. The van der Waals surface area contributed by atoms with Crippen LogP contribution in [0.3, 0.4) is 0 Å². The van der Waals surface area contributed by atoms with Crippen molar-refractivity contribution in [3.05, 3.63) is 16.4 Å². The predicted octanol–water partition coefficient (Wildman–Crippen LogP) is 2.66. The Balaban J connectivity index is 2.23. The second-order valence-corrected chi connectivity index (χ2v) is 6.69. The number of aliphatic hydroxyl groups is 1. The lowest BCUT2D eigenvalue weighted by molar-refractivity contribution is 0.0621. The van der Waals surface area contributed by atoms with E-state index in [0.29, 0.717) is 16.7 Å². The number of halogens is 1. The third-order valence-corrected chi connectivity index (χ3v) is 5.18. The third kappa shape index (κ3) is 2.64. The van der Waals surface area contributed by atoms with E-state index in [0.717, 1.165) is 30.1 Å². The highest BCUT2D eigenvalue weighted by atomic mass is 35.5. The van der Waals surface area contributed by atoms with E-state index in [1.165, 1.54) is 0 Å². The van der Waals surface area contributed by atoms with E-state index in [4.69, 9.17) is 11.6 Å². The monoisotopic (exact) mass is 274 g/mol. The first-order valence-electron chi connectivity index (χ1n) is 6.01. The van der Waals surface area contributed by atoms with Crippen LogP contribution in [-0.2, 0) is 13.0 Å². The van der Waals surface area contributed by atoms with Crippen LogP contribution in [0.25, 0.3) is 0 Å². The lowest BCUT2D eigenvalue weighted by atomic mass is 9.94. The van der Waals surface area contributed by atoms with Gasteiger partial charge < -0.3 is 5.11 Å². The molecular formula is C12H19ClN2OS. The normalized spacial score (nSPS) is 28.9. The standard InChI is InChI=1S/C12H19ClN2OS/c1-4-15-10(11(13)9(3)14-15)6-12(16)5-8(2)17-7-12/h8,16H,4-7H2,1-3H3. The number of aromatic nitrogens is 2. The van der Waals surface area contributed by atoms with Crippen molar-refractivity contribution >= 4 is 23.4 Å². The quantitative estimate of drug-likeness (QED) is 0.921. The van der Waals surface area contributed by atoms with Crippen LogP contribution in [0.5, 0.6) is 0 Å². The maximum Gasteiger partial charge on any atom is 0.0848 e. The Labute approximate surface area is 112 Å². The van der Waals surface area contributed by atoms with Crippen LogP contribution in [-0.4, -0.2) is 31.5 Å². The van der Waals surface area contributed by atoms with E-state index < -0.39 is 5.60 Å². The topological polar surface area (TPSA) is 38.0 Å². The molecule has 3 nitrogen and oxygen atoms in total. The SMILES string of the molecule is CCn1nc(C)c(Cl)c1CC1(O)CSC(C)C1. The molecule has 0 aliphatic carbocycles. The molecule has 2 heterocycles. The summed E-state index contributed by atoms with van der Waals surface area (Å²) in [5.41, 5.74) is 1.21. The van der Waals surface area contributed by atoms with Crippen LogP contribution in [0.2, 0.25) is 5.02 Å². The van der Waals surface area contributed by atoms with E-state index in [2.05, 4.69) is 12.0 Å². The summed E-state index contributed by atoms with van der Waals surface area (Å²) >= 11 is 8.10. The molecule has 0 radical (unpaired) electrons. The number of aryl methyl sites for hydroxylation is 2. The molecule has 0 amide bonds. The van der Waals surface area contributed by atoms with Gasteiger partial charge in [-0.15, -0.1) is 0 Å². The number of nitrogens with zero attached hydrogens (tertiary/aromatic N) is 2. The first kappa shape index (κ1) is 13.2. The van der Waals surface area contributed by atoms with Crippen molar-refractivity contribution in [3.63, 3.8) is 0 Å². The molecule has 1 fully saturated rings. The Bertz CT molecular complexity index is 421. The van der Waals surface area contributed by atoms with Gasteiger partial charge in [-0.05, 0) is 20.3 Å². The van der Waals surface area contributed by atoms with E-state index in [-0.39, 0.29) is 0 Å². The summed E-state index contributed by atoms with van der Waals surface area (Å²) in [6.45, 7) is 6.91. The van der Waals surface area contributed by atoms with E-state index in [1.807, 2.05) is 30.3 Å². The molecule has 0 bridgehead atoms. The van der Waals surface area contributed by atoms with Crippen LogP contribution in [0.1, 0.15) is 31.7 Å². The van der Waals surface area contributed by atoms with Gasteiger partial charge >= 0.3 is 0 Å². The summed E-state index contributed by atoms with van der Waals surface area (Å²) in [7, 11) is 0. The minimum absolute atomic E-state index is 0.526. The highest BCUT2D eigenvalue weighted by Crippen LogP contribution is 2.37. The zero-order valence-corrected chi connectivity index (χ0v) is 12.1. The van der Waals surface area contributed by atoms with Crippen LogP contribution < -0.4 is 0 Å². The van der Waals surface area contributed by atoms with Gasteiger partial charge in [0, 0.05) is 24.0 Å². The van der Waals surface area contributed by atoms with Crippen molar-refractivity contribution in [3.8, 4) is 0 Å². The van der Waals surface area contributed by atoms with Gasteiger partial charge in [0.05, 0.1) is 22.0 Å². The van der Waals surface area contributed by atoms with Crippen molar-refractivity contribution in [1.82, 2.24) is 9.78 Å². The molecule has 0 saturated carbocycles. The zero-order chi connectivity index (χ0) is 12.6. The van der Waals surface area contributed by atoms with Gasteiger partial charge in [0.15, 0.2) is 0 Å². The van der Waals surface area contributed by atoms with E-state index >= 15 is 0 Å². The minimum atomic E-state index is -0.618. The lowest BCUT2D eigenvalue weighted by Crippen LogP contribution is -2.32. The highest BCUT2D eigenvalue weighted by Gasteiger charge is 2.37. The molecule has 96 valence electrons. The zero-order valence-electron chi connectivity index (χ0n) is 10.5. The summed E-state index contributed by atoms with van der Waals surface area (Å²) in [6.07, 6.45) is 1.44. The minimum Gasteiger partial charge on any atom is -0.389 e. The maximum absolute atomic E-state index is 10.5. The van der Waals surface area contributed by atoms with E-state index in [9.17, 15) is 5.11 Å². The number of rotatable bonds is 3. The molecule has 2 unspecified atom stereocenters. The van der Waals surface area contributed by atoms with Crippen molar-refractivity contribution in [1.29, 1.82) is 0 Å². The second kappa shape index (κ2) is 4.82. The van der Waals surface area contributed by atoms with Gasteiger partial charge in [-0.25, -0.2) is 0 Å². The Hall–Kier alpha value is -0.190. The van der Waals surface area contributed by atoms with Crippen molar-refractivity contribution in [2.75, 3.05) is 5.75 Å². The summed E-state index contributed by atoms with van der Waals surface area (Å²) in [4.78, 5) is 0. The number of thioether (sulfide) groups is 1.